The van der Waals surface area contributed by atoms with Crippen molar-refractivity contribution in [3.63, 3.8) is 0 Å². The average Bonchev–Trinajstić information content (AvgIpc) is 1.53. The van der Waals surface area contributed by atoms with E-state index in [0.717, 1.165) is 19.1 Å². The quantitative estimate of drug-likeness (QED) is 0.596. The van der Waals surface area contributed by atoms with Crippen LogP contribution in [0.2, 0.25) is 0 Å². The van der Waals surface area contributed by atoms with E-state index in [2.05, 4.69) is 13.8 Å². The molecular weight excluding hydrogens is 164 g/mol. The molecule has 0 aliphatic heterocycles. The molecular formula is C7H14O3S. The summed E-state index contributed by atoms with van der Waals surface area (Å²) in [5, 5.41) is 0. The van der Waals surface area contributed by atoms with Crippen LogP contribution in [0.25, 0.3) is 0 Å². The number of hydrogen-bond acceptors (Lipinski definition) is 3. The lowest BCUT2D eigenvalue weighted by Crippen LogP contribution is -2.38. The summed E-state index contributed by atoms with van der Waals surface area (Å²) in [5.41, 5.74) is 0.273. The molecule has 0 heterocycles. The highest BCUT2D eigenvalue weighted by Gasteiger charge is 2.38. The maximum atomic E-state index is 10.6. The minimum absolute atomic E-state index is 0.0694. The van der Waals surface area contributed by atoms with E-state index in [1.54, 1.807) is 0 Å². The summed E-state index contributed by atoms with van der Waals surface area (Å²) in [6, 6.07) is 0. The van der Waals surface area contributed by atoms with Crippen LogP contribution in [0.3, 0.4) is 0 Å². The van der Waals surface area contributed by atoms with Gasteiger partial charge in [0.1, 0.15) is 0 Å². The van der Waals surface area contributed by atoms with Gasteiger partial charge in [-0.25, -0.2) is 0 Å². The van der Waals surface area contributed by atoms with Crippen molar-refractivity contribution in [2.45, 2.75) is 32.8 Å². The first kappa shape index (κ1) is 9.00. The molecule has 0 bridgehead atoms. The Kier molecular flexibility index (Phi) is 2.01. The zero-order valence-corrected chi connectivity index (χ0v) is 7.94. The molecule has 0 aromatic heterocycles. The number of hydrogen-bond donors (Lipinski definition) is 0. The fraction of sp³-hybridized carbons (Fsp3) is 1.00. The zero-order valence-electron chi connectivity index (χ0n) is 7.12. The molecule has 0 radical (unpaired) electrons. The largest absolute Gasteiger partial charge is 0.267 e. The fourth-order valence-corrected chi connectivity index (χ4v) is 2.12. The molecule has 0 aromatic carbocycles. The van der Waals surface area contributed by atoms with E-state index >= 15 is 0 Å². The van der Waals surface area contributed by atoms with Crippen molar-refractivity contribution in [2.75, 3.05) is 6.26 Å². The zero-order chi connectivity index (χ0) is 8.70. The van der Waals surface area contributed by atoms with Crippen molar-refractivity contribution in [1.29, 1.82) is 0 Å². The Bertz CT molecular complexity index is 232. The molecule has 0 saturated heterocycles. The van der Waals surface area contributed by atoms with Crippen LogP contribution in [0.15, 0.2) is 0 Å². The second-order valence-electron chi connectivity index (χ2n) is 3.99. The van der Waals surface area contributed by atoms with Crippen molar-refractivity contribution >= 4 is 10.1 Å². The fourth-order valence-electron chi connectivity index (χ4n) is 1.49. The molecule has 0 aromatic rings. The minimum Gasteiger partial charge on any atom is -0.267 e. The van der Waals surface area contributed by atoms with Crippen LogP contribution in [0.4, 0.5) is 0 Å². The highest BCUT2D eigenvalue weighted by atomic mass is 32.2. The van der Waals surface area contributed by atoms with Gasteiger partial charge in [-0.05, 0) is 18.3 Å². The molecule has 1 fully saturated rings. The Morgan fingerprint density at radius 1 is 1.36 bits per heavy atom. The molecule has 1 aliphatic carbocycles. The van der Waals surface area contributed by atoms with Gasteiger partial charge in [0.05, 0.1) is 12.4 Å². The lowest BCUT2D eigenvalue weighted by atomic mass is 9.70. The molecule has 0 amide bonds. The van der Waals surface area contributed by atoms with Gasteiger partial charge in [0.15, 0.2) is 0 Å². The van der Waals surface area contributed by atoms with E-state index in [1.807, 2.05) is 0 Å². The van der Waals surface area contributed by atoms with Crippen LogP contribution in [-0.4, -0.2) is 20.8 Å². The average molecular weight is 178 g/mol. The molecule has 1 rings (SSSR count). The summed E-state index contributed by atoms with van der Waals surface area (Å²) in [7, 11) is -3.23. The van der Waals surface area contributed by atoms with Crippen LogP contribution >= 0.6 is 0 Å². The van der Waals surface area contributed by atoms with E-state index in [9.17, 15) is 8.42 Å². The van der Waals surface area contributed by atoms with Gasteiger partial charge in [-0.15, -0.1) is 0 Å². The predicted molar refractivity (Wildman–Crippen MR) is 42.7 cm³/mol. The maximum absolute atomic E-state index is 10.6. The molecule has 1 saturated carbocycles. The van der Waals surface area contributed by atoms with Gasteiger partial charge in [-0.2, -0.15) is 8.42 Å². The summed E-state index contributed by atoms with van der Waals surface area (Å²) in [6.45, 7) is 4.21. The van der Waals surface area contributed by atoms with Gasteiger partial charge in [-0.1, -0.05) is 13.8 Å². The Balaban J connectivity index is 2.36. The molecule has 0 atom stereocenters. The van der Waals surface area contributed by atoms with Crippen molar-refractivity contribution in [2.24, 2.45) is 5.41 Å². The highest BCUT2D eigenvalue weighted by molar-refractivity contribution is 7.86. The first-order chi connectivity index (χ1) is 4.79. The molecule has 0 N–H and O–H groups in total. The molecule has 0 unspecified atom stereocenters. The van der Waals surface area contributed by atoms with E-state index in [4.69, 9.17) is 4.18 Å². The van der Waals surface area contributed by atoms with Crippen molar-refractivity contribution in [3.8, 4) is 0 Å². The van der Waals surface area contributed by atoms with Gasteiger partial charge in [0.25, 0.3) is 10.1 Å². The van der Waals surface area contributed by atoms with E-state index in [-0.39, 0.29) is 11.5 Å². The van der Waals surface area contributed by atoms with Gasteiger partial charge in [0.2, 0.25) is 0 Å². The van der Waals surface area contributed by atoms with Crippen molar-refractivity contribution < 1.29 is 12.6 Å². The third-order valence-electron chi connectivity index (χ3n) is 1.87. The van der Waals surface area contributed by atoms with Gasteiger partial charge < -0.3 is 0 Å². The molecule has 11 heavy (non-hydrogen) atoms. The van der Waals surface area contributed by atoms with Crippen LogP contribution in [-0.2, 0) is 14.3 Å². The second kappa shape index (κ2) is 2.45. The third-order valence-corrected chi connectivity index (χ3v) is 2.49. The van der Waals surface area contributed by atoms with Crippen LogP contribution in [0, 0.1) is 5.41 Å². The minimum atomic E-state index is -3.23. The maximum Gasteiger partial charge on any atom is 0.264 e. The monoisotopic (exact) mass is 178 g/mol. The van der Waals surface area contributed by atoms with Gasteiger partial charge in [0, 0.05) is 0 Å². The van der Waals surface area contributed by atoms with Crippen molar-refractivity contribution in [1.82, 2.24) is 0 Å². The van der Waals surface area contributed by atoms with E-state index in [0.29, 0.717) is 0 Å². The molecule has 3 nitrogen and oxygen atoms in total. The van der Waals surface area contributed by atoms with Crippen molar-refractivity contribution in [3.05, 3.63) is 0 Å². The third kappa shape index (κ3) is 2.79. The highest BCUT2D eigenvalue weighted by Crippen LogP contribution is 2.42. The Morgan fingerprint density at radius 3 is 2.09 bits per heavy atom. The Morgan fingerprint density at radius 2 is 1.82 bits per heavy atom. The lowest BCUT2D eigenvalue weighted by molar-refractivity contribution is 0.0160. The first-order valence-corrected chi connectivity index (χ1v) is 5.48. The molecule has 0 spiro atoms. The second-order valence-corrected chi connectivity index (χ2v) is 5.60. The van der Waals surface area contributed by atoms with Gasteiger partial charge >= 0.3 is 0 Å². The number of rotatable bonds is 2. The smallest absolute Gasteiger partial charge is 0.264 e. The molecule has 66 valence electrons. The first-order valence-electron chi connectivity index (χ1n) is 3.67. The van der Waals surface area contributed by atoms with E-state index < -0.39 is 10.1 Å². The SMILES string of the molecule is CC1(C)CC(OS(C)(=O)=O)C1. The predicted octanol–water partition coefficient (Wildman–Crippen LogP) is 1.15. The summed E-state index contributed by atoms with van der Waals surface area (Å²) in [4.78, 5) is 0. The topological polar surface area (TPSA) is 43.4 Å². The lowest BCUT2D eigenvalue weighted by Gasteiger charge is -2.41. The Hall–Kier alpha value is -0.0900. The normalized spacial score (nSPS) is 24.6. The van der Waals surface area contributed by atoms with Crippen LogP contribution < -0.4 is 0 Å². The Labute approximate surface area is 67.9 Å². The van der Waals surface area contributed by atoms with Gasteiger partial charge in [-0.3, -0.25) is 4.18 Å². The summed E-state index contributed by atoms with van der Waals surface area (Å²) >= 11 is 0. The summed E-state index contributed by atoms with van der Waals surface area (Å²) in [6.07, 6.45) is 2.72. The molecule has 1 aliphatic rings. The van der Waals surface area contributed by atoms with Crippen LogP contribution in [0.5, 0.6) is 0 Å². The standard InChI is InChI=1S/C7H14O3S/c1-7(2)4-6(5-7)10-11(3,8)9/h6H,4-5H2,1-3H3. The van der Waals surface area contributed by atoms with E-state index in [1.165, 1.54) is 0 Å². The van der Waals surface area contributed by atoms with Crippen LogP contribution in [0.1, 0.15) is 26.7 Å². The summed E-state index contributed by atoms with van der Waals surface area (Å²) in [5.74, 6) is 0. The summed E-state index contributed by atoms with van der Waals surface area (Å²) < 4.78 is 26.0. The molecule has 4 heteroatoms.